The largest absolute Gasteiger partial charge is 0.392 e. The molecule has 2 N–H and O–H groups in total. The number of carbonyl (C=O) groups is 1. The number of nitrogens with two attached hydrogens (primary N) is 1. The highest BCUT2D eigenvalue weighted by Gasteiger charge is 2.17. The molecule has 2 rings (SSSR count). The maximum atomic E-state index is 10.8. The van der Waals surface area contributed by atoms with Crippen molar-refractivity contribution in [3.05, 3.63) is 5.82 Å². The first kappa shape index (κ1) is 11.0. The second-order valence-corrected chi connectivity index (χ2v) is 4.35. The number of nitrogen functional groups attached to an aromatic ring is 1. The minimum atomic E-state index is 0.0971. The molecule has 0 aromatic carbocycles. The van der Waals surface area contributed by atoms with Crippen LogP contribution in [0.1, 0.15) is 31.5 Å². The third kappa shape index (κ3) is 2.54. The predicted molar refractivity (Wildman–Crippen MR) is 60.3 cm³/mol. The molecule has 0 radical (unpaired) electrons. The lowest BCUT2D eigenvalue weighted by Crippen LogP contribution is -2.10. The van der Waals surface area contributed by atoms with Crippen molar-refractivity contribution >= 4 is 28.7 Å². The summed E-state index contributed by atoms with van der Waals surface area (Å²) in [6, 6.07) is 0. The van der Waals surface area contributed by atoms with Gasteiger partial charge in [0.1, 0.15) is 6.10 Å². The molecule has 1 saturated carbocycles. The zero-order valence-electron chi connectivity index (χ0n) is 8.63. The fraction of sp³-hybridized carbons (Fsp3) is 0.556. The van der Waals surface area contributed by atoms with Gasteiger partial charge in [0.2, 0.25) is 0 Å². The van der Waals surface area contributed by atoms with Crippen molar-refractivity contribution in [2.45, 2.75) is 31.8 Å². The van der Waals surface area contributed by atoms with E-state index >= 15 is 0 Å². The lowest BCUT2D eigenvalue weighted by Gasteiger charge is -2.05. The Morgan fingerprint density at radius 3 is 2.88 bits per heavy atom. The summed E-state index contributed by atoms with van der Waals surface area (Å²) in [5, 5.41) is 4.09. The number of hydrogen-bond acceptors (Lipinski definition) is 7. The van der Waals surface area contributed by atoms with E-state index in [1.165, 1.54) is 0 Å². The molecule has 7 heteroatoms. The van der Waals surface area contributed by atoms with E-state index in [-0.39, 0.29) is 17.6 Å². The number of rotatable bonds is 4. The van der Waals surface area contributed by atoms with Gasteiger partial charge in [-0.3, -0.25) is 4.79 Å². The summed E-state index contributed by atoms with van der Waals surface area (Å²) in [4.78, 5) is 19.9. The highest BCUT2D eigenvalue weighted by atomic mass is 32.1. The molecule has 1 aliphatic rings. The van der Waals surface area contributed by atoms with Crippen LogP contribution in [-0.2, 0) is 9.63 Å². The van der Waals surface area contributed by atoms with E-state index in [0.717, 1.165) is 37.2 Å². The van der Waals surface area contributed by atoms with Crippen LogP contribution in [0.15, 0.2) is 5.16 Å². The number of nitrogens with zero attached hydrogens (tertiary/aromatic N) is 3. The molecule has 0 aliphatic heterocycles. The molecule has 1 aromatic rings. The first-order chi connectivity index (χ1) is 7.79. The van der Waals surface area contributed by atoms with Crippen LogP contribution in [0.4, 0.5) is 5.13 Å². The fourth-order valence-corrected chi connectivity index (χ4v) is 2.02. The van der Waals surface area contributed by atoms with Gasteiger partial charge in [-0.15, -0.1) is 0 Å². The van der Waals surface area contributed by atoms with Gasteiger partial charge in [-0.1, -0.05) is 5.16 Å². The molecular weight excluding hydrogens is 228 g/mol. The SMILES string of the molecule is Nc1nc(C(C=O)=NOC2CCCC2)ns1. The van der Waals surface area contributed by atoms with Crippen LogP contribution >= 0.6 is 11.5 Å². The predicted octanol–water partition coefficient (Wildman–Crippen LogP) is 0.982. The molecule has 6 nitrogen and oxygen atoms in total. The van der Waals surface area contributed by atoms with Crippen molar-refractivity contribution in [2.24, 2.45) is 5.16 Å². The topological polar surface area (TPSA) is 90.5 Å². The second kappa shape index (κ2) is 5.02. The summed E-state index contributed by atoms with van der Waals surface area (Å²) in [7, 11) is 0. The Morgan fingerprint density at radius 1 is 1.56 bits per heavy atom. The van der Waals surface area contributed by atoms with Crippen molar-refractivity contribution in [1.29, 1.82) is 0 Å². The van der Waals surface area contributed by atoms with E-state index in [4.69, 9.17) is 10.6 Å². The summed E-state index contributed by atoms with van der Waals surface area (Å²) in [5.41, 5.74) is 5.52. The van der Waals surface area contributed by atoms with E-state index in [0.29, 0.717) is 11.4 Å². The molecule has 1 aliphatic carbocycles. The molecule has 86 valence electrons. The third-order valence-electron chi connectivity index (χ3n) is 2.38. The number of carbonyl (C=O) groups excluding carboxylic acids is 1. The quantitative estimate of drug-likeness (QED) is 0.481. The van der Waals surface area contributed by atoms with Crippen LogP contribution in [0.25, 0.3) is 0 Å². The number of anilines is 1. The zero-order valence-corrected chi connectivity index (χ0v) is 9.44. The molecule has 16 heavy (non-hydrogen) atoms. The standard InChI is InChI=1S/C9H12N4O2S/c10-9-11-8(13-16-9)7(5-14)12-15-6-3-1-2-4-6/h5-6H,1-4H2,(H2,10,11,13). The van der Waals surface area contributed by atoms with Gasteiger partial charge < -0.3 is 10.6 Å². The van der Waals surface area contributed by atoms with Crippen LogP contribution in [0.3, 0.4) is 0 Å². The lowest BCUT2D eigenvalue weighted by atomic mass is 10.3. The summed E-state index contributed by atoms with van der Waals surface area (Å²) in [5.74, 6) is 0.232. The average molecular weight is 240 g/mol. The fourth-order valence-electron chi connectivity index (χ4n) is 1.58. The van der Waals surface area contributed by atoms with Gasteiger partial charge in [0.15, 0.2) is 23.0 Å². The van der Waals surface area contributed by atoms with Gasteiger partial charge in [0.25, 0.3) is 0 Å². The van der Waals surface area contributed by atoms with Crippen LogP contribution < -0.4 is 5.73 Å². The molecular formula is C9H12N4O2S. The molecule has 1 heterocycles. The first-order valence-electron chi connectivity index (χ1n) is 5.08. The van der Waals surface area contributed by atoms with Gasteiger partial charge in [0.05, 0.1) is 0 Å². The molecule has 0 spiro atoms. The number of aromatic nitrogens is 2. The second-order valence-electron chi connectivity index (χ2n) is 3.56. The Hall–Kier alpha value is -1.50. The molecule has 1 aromatic heterocycles. The van der Waals surface area contributed by atoms with Crippen LogP contribution in [0.5, 0.6) is 0 Å². The Morgan fingerprint density at radius 2 is 2.31 bits per heavy atom. The number of oxime groups is 1. The Kier molecular flexibility index (Phi) is 3.45. The Labute approximate surface area is 96.7 Å². The lowest BCUT2D eigenvalue weighted by molar-refractivity contribution is -0.102. The number of aldehydes is 1. The van der Waals surface area contributed by atoms with Crippen molar-refractivity contribution in [2.75, 3.05) is 5.73 Å². The molecule has 1 fully saturated rings. The van der Waals surface area contributed by atoms with Crippen LogP contribution in [-0.4, -0.2) is 27.5 Å². The smallest absolute Gasteiger partial charge is 0.200 e. The van der Waals surface area contributed by atoms with E-state index in [1.807, 2.05) is 0 Å². The van der Waals surface area contributed by atoms with E-state index in [2.05, 4.69) is 14.5 Å². The molecule has 0 unspecified atom stereocenters. The summed E-state index contributed by atoms with van der Waals surface area (Å²) in [6.07, 6.45) is 4.98. The minimum Gasteiger partial charge on any atom is -0.392 e. The van der Waals surface area contributed by atoms with Gasteiger partial charge in [-0.2, -0.15) is 9.36 Å². The molecule has 0 amide bonds. The normalized spacial score (nSPS) is 17.6. The number of hydrogen-bond donors (Lipinski definition) is 1. The van der Waals surface area contributed by atoms with E-state index in [9.17, 15) is 4.79 Å². The van der Waals surface area contributed by atoms with Crippen molar-refractivity contribution in [1.82, 2.24) is 9.36 Å². The van der Waals surface area contributed by atoms with Crippen molar-refractivity contribution in [3.8, 4) is 0 Å². The van der Waals surface area contributed by atoms with E-state index in [1.54, 1.807) is 0 Å². The van der Waals surface area contributed by atoms with Gasteiger partial charge in [-0.25, -0.2) is 0 Å². The van der Waals surface area contributed by atoms with Crippen molar-refractivity contribution in [3.63, 3.8) is 0 Å². The van der Waals surface area contributed by atoms with Gasteiger partial charge in [-0.05, 0) is 25.7 Å². The van der Waals surface area contributed by atoms with Crippen LogP contribution in [0.2, 0.25) is 0 Å². The Balaban J connectivity index is 2.03. The molecule has 0 bridgehead atoms. The Bertz CT molecular complexity index is 398. The summed E-state index contributed by atoms with van der Waals surface area (Å²) in [6.45, 7) is 0. The maximum Gasteiger partial charge on any atom is 0.200 e. The highest BCUT2D eigenvalue weighted by Crippen LogP contribution is 2.21. The zero-order chi connectivity index (χ0) is 11.4. The highest BCUT2D eigenvalue weighted by molar-refractivity contribution is 7.09. The summed E-state index contributed by atoms with van der Waals surface area (Å²) >= 11 is 1.03. The van der Waals surface area contributed by atoms with E-state index < -0.39 is 0 Å². The first-order valence-corrected chi connectivity index (χ1v) is 5.85. The average Bonchev–Trinajstić information content (AvgIpc) is 2.91. The maximum absolute atomic E-state index is 10.8. The van der Waals surface area contributed by atoms with Gasteiger partial charge >= 0.3 is 0 Å². The minimum absolute atomic E-state index is 0.0971. The molecule has 0 atom stereocenters. The monoisotopic (exact) mass is 240 g/mol. The molecule has 0 saturated heterocycles. The van der Waals surface area contributed by atoms with Crippen LogP contribution in [0, 0.1) is 0 Å². The van der Waals surface area contributed by atoms with Gasteiger partial charge in [0, 0.05) is 11.5 Å². The third-order valence-corrected chi connectivity index (χ3v) is 2.93. The van der Waals surface area contributed by atoms with Crippen molar-refractivity contribution < 1.29 is 9.63 Å². The summed E-state index contributed by atoms with van der Waals surface area (Å²) < 4.78 is 3.90.